The molecular formula is C13H24N2O. The van der Waals surface area contributed by atoms with Crippen LogP contribution in [0.3, 0.4) is 0 Å². The van der Waals surface area contributed by atoms with Gasteiger partial charge in [0.25, 0.3) is 0 Å². The molecule has 0 unspecified atom stereocenters. The molecular weight excluding hydrogens is 200 g/mol. The Morgan fingerprint density at radius 2 is 1.94 bits per heavy atom. The highest BCUT2D eigenvalue weighted by molar-refractivity contribution is 5.34. The Hall–Kier alpha value is -0.990. The predicted molar refractivity (Wildman–Crippen MR) is 66.9 cm³/mol. The first kappa shape index (κ1) is 13.1. The number of aromatic hydroxyl groups is 1. The molecule has 0 aromatic carbocycles. The van der Waals surface area contributed by atoms with Crippen molar-refractivity contribution in [3.63, 3.8) is 0 Å². The normalized spacial score (nSPS) is 11.3. The van der Waals surface area contributed by atoms with Gasteiger partial charge in [-0.1, -0.05) is 34.1 Å². The van der Waals surface area contributed by atoms with Crippen LogP contribution in [0.2, 0.25) is 0 Å². The number of aryl methyl sites for hydroxylation is 2. The second-order valence-corrected chi connectivity index (χ2v) is 4.66. The highest BCUT2D eigenvalue weighted by atomic mass is 16.3. The first-order valence-corrected chi connectivity index (χ1v) is 6.40. The van der Waals surface area contributed by atoms with E-state index in [0.29, 0.717) is 11.7 Å². The molecule has 0 atom stereocenters. The van der Waals surface area contributed by atoms with Gasteiger partial charge in [-0.05, 0) is 25.2 Å². The summed E-state index contributed by atoms with van der Waals surface area (Å²) in [6.07, 6.45) is 4.16. The van der Waals surface area contributed by atoms with Crippen LogP contribution in [0.1, 0.15) is 64.3 Å². The third kappa shape index (κ3) is 2.77. The van der Waals surface area contributed by atoms with Crippen LogP contribution in [0.25, 0.3) is 0 Å². The standard InChI is InChI=1S/C13H24N2O/c1-5-7-8-11-13(16)12(10(3)4)15(14-11)9-6-2/h10,16H,5-9H2,1-4H3. The molecule has 0 radical (unpaired) electrons. The third-order valence-corrected chi connectivity index (χ3v) is 2.78. The first-order chi connectivity index (χ1) is 7.61. The van der Waals surface area contributed by atoms with E-state index in [9.17, 15) is 5.11 Å². The van der Waals surface area contributed by atoms with Crippen LogP contribution in [0.15, 0.2) is 0 Å². The van der Waals surface area contributed by atoms with E-state index in [4.69, 9.17) is 0 Å². The largest absolute Gasteiger partial charge is 0.504 e. The summed E-state index contributed by atoms with van der Waals surface area (Å²) >= 11 is 0. The predicted octanol–water partition coefficient (Wildman–Crippen LogP) is 3.46. The monoisotopic (exact) mass is 224 g/mol. The quantitative estimate of drug-likeness (QED) is 0.803. The van der Waals surface area contributed by atoms with E-state index in [-0.39, 0.29) is 0 Å². The van der Waals surface area contributed by atoms with Crippen LogP contribution in [-0.4, -0.2) is 14.9 Å². The minimum absolute atomic E-state index is 0.328. The fraction of sp³-hybridized carbons (Fsp3) is 0.769. The van der Waals surface area contributed by atoms with Crippen molar-refractivity contribution in [2.75, 3.05) is 0 Å². The van der Waals surface area contributed by atoms with Gasteiger partial charge in [0.15, 0.2) is 5.75 Å². The fourth-order valence-corrected chi connectivity index (χ4v) is 1.98. The summed E-state index contributed by atoms with van der Waals surface area (Å²) in [5.74, 6) is 0.756. The number of unbranched alkanes of at least 4 members (excludes halogenated alkanes) is 1. The maximum atomic E-state index is 10.1. The van der Waals surface area contributed by atoms with E-state index in [1.165, 1.54) is 0 Å². The van der Waals surface area contributed by atoms with Gasteiger partial charge in [0.2, 0.25) is 0 Å². The lowest BCUT2D eigenvalue weighted by atomic mass is 10.1. The van der Waals surface area contributed by atoms with E-state index >= 15 is 0 Å². The topological polar surface area (TPSA) is 38.0 Å². The Morgan fingerprint density at radius 3 is 2.44 bits per heavy atom. The Bertz CT molecular complexity index is 329. The minimum atomic E-state index is 0.328. The van der Waals surface area contributed by atoms with Gasteiger partial charge in [-0.15, -0.1) is 0 Å². The van der Waals surface area contributed by atoms with Crippen molar-refractivity contribution in [3.05, 3.63) is 11.4 Å². The van der Waals surface area contributed by atoms with Crippen molar-refractivity contribution in [2.24, 2.45) is 0 Å². The smallest absolute Gasteiger partial charge is 0.160 e. The number of nitrogens with zero attached hydrogens (tertiary/aromatic N) is 2. The van der Waals surface area contributed by atoms with Gasteiger partial charge in [-0.2, -0.15) is 5.10 Å². The Morgan fingerprint density at radius 1 is 1.25 bits per heavy atom. The van der Waals surface area contributed by atoms with E-state index < -0.39 is 0 Å². The molecule has 3 heteroatoms. The molecule has 1 heterocycles. The molecule has 0 aliphatic heterocycles. The molecule has 0 amide bonds. The fourth-order valence-electron chi connectivity index (χ4n) is 1.98. The second kappa shape index (κ2) is 5.92. The summed E-state index contributed by atoms with van der Waals surface area (Å²) in [5.41, 5.74) is 1.87. The Balaban J connectivity index is 2.98. The molecule has 16 heavy (non-hydrogen) atoms. The molecule has 0 saturated carbocycles. The number of aromatic nitrogens is 2. The molecule has 0 fully saturated rings. The maximum Gasteiger partial charge on any atom is 0.160 e. The van der Waals surface area contributed by atoms with Crippen LogP contribution in [0.4, 0.5) is 0 Å². The van der Waals surface area contributed by atoms with Gasteiger partial charge >= 0.3 is 0 Å². The molecule has 3 nitrogen and oxygen atoms in total. The molecule has 1 aromatic heterocycles. The second-order valence-electron chi connectivity index (χ2n) is 4.66. The first-order valence-electron chi connectivity index (χ1n) is 6.40. The molecule has 0 aliphatic carbocycles. The van der Waals surface area contributed by atoms with Gasteiger partial charge < -0.3 is 5.11 Å². The van der Waals surface area contributed by atoms with Crippen LogP contribution < -0.4 is 0 Å². The zero-order valence-electron chi connectivity index (χ0n) is 11.0. The number of rotatable bonds is 6. The molecule has 0 saturated heterocycles. The summed E-state index contributed by atoms with van der Waals surface area (Å²) in [7, 11) is 0. The zero-order valence-corrected chi connectivity index (χ0v) is 11.0. The minimum Gasteiger partial charge on any atom is -0.504 e. The lowest BCUT2D eigenvalue weighted by Gasteiger charge is -2.08. The molecule has 92 valence electrons. The molecule has 1 rings (SSSR count). The van der Waals surface area contributed by atoms with E-state index in [1.807, 2.05) is 4.68 Å². The Kier molecular flexibility index (Phi) is 4.84. The lowest BCUT2D eigenvalue weighted by Crippen LogP contribution is -2.05. The SMILES string of the molecule is CCCCc1nn(CCC)c(C(C)C)c1O. The van der Waals surface area contributed by atoms with Gasteiger partial charge in [-0.3, -0.25) is 4.68 Å². The van der Waals surface area contributed by atoms with Crippen molar-refractivity contribution < 1.29 is 5.11 Å². The van der Waals surface area contributed by atoms with Crippen molar-refractivity contribution in [1.82, 2.24) is 9.78 Å². The summed E-state index contributed by atoms with van der Waals surface area (Å²) in [5, 5.41) is 14.7. The van der Waals surface area contributed by atoms with Crippen LogP contribution >= 0.6 is 0 Å². The summed E-state index contributed by atoms with van der Waals surface area (Å²) in [6, 6.07) is 0. The molecule has 0 spiro atoms. The van der Waals surface area contributed by atoms with E-state index in [0.717, 1.165) is 43.6 Å². The average Bonchev–Trinajstić information content (AvgIpc) is 2.53. The summed E-state index contributed by atoms with van der Waals surface area (Å²) < 4.78 is 1.98. The third-order valence-electron chi connectivity index (χ3n) is 2.78. The van der Waals surface area contributed by atoms with Gasteiger partial charge in [0, 0.05) is 6.54 Å². The van der Waals surface area contributed by atoms with Crippen molar-refractivity contribution >= 4 is 0 Å². The van der Waals surface area contributed by atoms with Crippen molar-refractivity contribution in [3.8, 4) is 5.75 Å². The maximum absolute atomic E-state index is 10.1. The number of hydrogen-bond acceptors (Lipinski definition) is 2. The molecule has 0 aliphatic rings. The Labute approximate surface area is 98.5 Å². The zero-order chi connectivity index (χ0) is 12.1. The highest BCUT2D eigenvalue weighted by Crippen LogP contribution is 2.30. The highest BCUT2D eigenvalue weighted by Gasteiger charge is 2.18. The summed E-state index contributed by atoms with van der Waals surface area (Å²) in [4.78, 5) is 0. The molecule has 1 N–H and O–H groups in total. The lowest BCUT2D eigenvalue weighted by molar-refractivity contribution is 0.451. The summed E-state index contributed by atoms with van der Waals surface area (Å²) in [6.45, 7) is 9.39. The van der Waals surface area contributed by atoms with Gasteiger partial charge in [-0.25, -0.2) is 0 Å². The van der Waals surface area contributed by atoms with E-state index in [2.05, 4.69) is 32.8 Å². The number of hydrogen-bond donors (Lipinski definition) is 1. The van der Waals surface area contributed by atoms with Gasteiger partial charge in [0.1, 0.15) is 5.69 Å². The van der Waals surface area contributed by atoms with Crippen molar-refractivity contribution in [2.45, 2.75) is 65.8 Å². The molecule has 1 aromatic rings. The van der Waals surface area contributed by atoms with E-state index in [1.54, 1.807) is 0 Å². The average molecular weight is 224 g/mol. The van der Waals surface area contributed by atoms with Crippen LogP contribution in [-0.2, 0) is 13.0 Å². The van der Waals surface area contributed by atoms with Gasteiger partial charge in [0.05, 0.1) is 5.69 Å². The van der Waals surface area contributed by atoms with Crippen LogP contribution in [0.5, 0.6) is 5.75 Å². The van der Waals surface area contributed by atoms with Crippen LogP contribution in [0, 0.1) is 0 Å². The van der Waals surface area contributed by atoms with Crippen molar-refractivity contribution in [1.29, 1.82) is 0 Å². The molecule has 0 bridgehead atoms.